The number of fused-ring (bicyclic) bond motifs is 1. The molecule has 1 aromatic carbocycles. The maximum absolute atomic E-state index is 11.4. The third-order valence-corrected chi connectivity index (χ3v) is 2.88. The lowest BCUT2D eigenvalue weighted by Gasteiger charge is -2.05. The Bertz CT molecular complexity index is 575. The molecule has 0 bridgehead atoms. The van der Waals surface area contributed by atoms with Crippen molar-refractivity contribution in [3.05, 3.63) is 29.6 Å². The normalized spacial score (nSPS) is 10.8. The first-order valence-electron chi connectivity index (χ1n) is 5.71. The van der Waals surface area contributed by atoms with Crippen LogP contribution in [0.3, 0.4) is 0 Å². The van der Waals surface area contributed by atoms with Crippen molar-refractivity contribution in [2.45, 2.75) is 13.5 Å². The molecule has 5 heteroatoms. The molecule has 0 fully saturated rings. The molecule has 0 aliphatic rings. The molecule has 0 unspecified atom stereocenters. The number of hydrogen-bond acceptors (Lipinski definition) is 4. The standard InChI is InChI=1S/C13H16N2O3/c1-9-14-11-8-10(13(16)18-3)4-5-12(11)15(9)6-7-17-2/h4-5,8H,6-7H2,1-3H3. The van der Waals surface area contributed by atoms with E-state index in [1.165, 1.54) is 7.11 Å². The fraction of sp³-hybridized carbons (Fsp3) is 0.385. The number of carbonyl (C=O) groups is 1. The quantitative estimate of drug-likeness (QED) is 0.774. The van der Waals surface area contributed by atoms with Crippen LogP contribution in [-0.2, 0) is 16.0 Å². The molecule has 0 atom stereocenters. The third-order valence-electron chi connectivity index (χ3n) is 2.88. The molecule has 2 rings (SSSR count). The van der Waals surface area contributed by atoms with Crippen molar-refractivity contribution in [1.29, 1.82) is 0 Å². The van der Waals surface area contributed by atoms with Crippen LogP contribution in [0.4, 0.5) is 0 Å². The second-order valence-electron chi connectivity index (χ2n) is 4.00. The number of methoxy groups -OCH3 is 2. The second-order valence-corrected chi connectivity index (χ2v) is 4.00. The lowest BCUT2D eigenvalue weighted by molar-refractivity contribution is 0.0601. The van der Waals surface area contributed by atoms with Gasteiger partial charge in [0.05, 0.1) is 30.3 Å². The fourth-order valence-corrected chi connectivity index (χ4v) is 1.96. The predicted octanol–water partition coefficient (Wildman–Crippen LogP) is 1.78. The van der Waals surface area contributed by atoms with Gasteiger partial charge in [-0.25, -0.2) is 9.78 Å². The van der Waals surface area contributed by atoms with Crippen LogP contribution in [0.15, 0.2) is 18.2 Å². The van der Waals surface area contributed by atoms with E-state index in [2.05, 4.69) is 9.55 Å². The Morgan fingerprint density at radius 3 is 2.83 bits per heavy atom. The molecule has 0 saturated heterocycles. The van der Waals surface area contributed by atoms with Crippen LogP contribution >= 0.6 is 0 Å². The lowest BCUT2D eigenvalue weighted by atomic mass is 10.2. The summed E-state index contributed by atoms with van der Waals surface area (Å²) in [5.41, 5.74) is 2.31. The summed E-state index contributed by atoms with van der Waals surface area (Å²) in [6.07, 6.45) is 0. The molecule has 0 radical (unpaired) electrons. The molecular weight excluding hydrogens is 232 g/mol. The van der Waals surface area contributed by atoms with Crippen LogP contribution < -0.4 is 0 Å². The monoisotopic (exact) mass is 248 g/mol. The second kappa shape index (κ2) is 5.18. The van der Waals surface area contributed by atoms with Crippen LogP contribution in [0, 0.1) is 6.92 Å². The SMILES string of the molecule is COCCn1c(C)nc2cc(C(=O)OC)ccc21. The molecule has 0 aliphatic carbocycles. The summed E-state index contributed by atoms with van der Waals surface area (Å²) in [4.78, 5) is 15.9. The minimum atomic E-state index is -0.346. The number of hydrogen-bond donors (Lipinski definition) is 0. The predicted molar refractivity (Wildman–Crippen MR) is 67.7 cm³/mol. The van der Waals surface area contributed by atoms with E-state index in [0.29, 0.717) is 12.2 Å². The number of ether oxygens (including phenoxy) is 2. The highest BCUT2D eigenvalue weighted by atomic mass is 16.5. The first-order valence-corrected chi connectivity index (χ1v) is 5.71. The zero-order valence-electron chi connectivity index (χ0n) is 10.8. The number of aromatic nitrogens is 2. The maximum Gasteiger partial charge on any atom is 0.337 e. The van der Waals surface area contributed by atoms with E-state index >= 15 is 0 Å². The Morgan fingerprint density at radius 1 is 1.39 bits per heavy atom. The minimum Gasteiger partial charge on any atom is -0.465 e. The molecule has 0 spiro atoms. The number of carbonyl (C=O) groups excluding carboxylic acids is 1. The Hall–Kier alpha value is -1.88. The number of nitrogens with zero attached hydrogens (tertiary/aromatic N) is 2. The third kappa shape index (κ3) is 2.22. The number of aryl methyl sites for hydroxylation is 1. The summed E-state index contributed by atoms with van der Waals surface area (Å²) >= 11 is 0. The van der Waals surface area contributed by atoms with Gasteiger partial charge < -0.3 is 14.0 Å². The summed E-state index contributed by atoms with van der Waals surface area (Å²) in [7, 11) is 3.04. The van der Waals surface area contributed by atoms with Gasteiger partial charge in [-0.3, -0.25) is 0 Å². The lowest BCUT2D eigenvalue weighted by Crippen LogP contribution is -2.06. The molecule has 2 aromatic rings. The first-order chi connectivity index (χ1) is 8.67. The summed E-state index contributed by atoms with van der Waals surface area (Å²) < 4.78 is 11.8. The molecule has 5 nitrogen and oxygen atoms in total. The van der Waals surface area contributed by atoms with E-state index in [4.69, 9.17) is 9.47 Å². The van der Waals surface area contributed by atoms with Gasteiger partial charge in [-0.05, 0) is 25.1 Å². The Morgan fingerprint density at radius 2 is 2.17 bits per heavy atom. The topological polar surface area (TPSA) is 53.4 Å². The van der Waals surface area contributed by atoms with E-state index in [0.717, 1.165) is 23.4 Å². The van der Waals surface area contributed by atoms with Crippen molar-refractivity contribution >= 4 is 17.0 Å². The van der Waals surface area contributed by atoms with Crippen molar-refractivity contribution in [1.82, 2.24) is 9.55 Å². The maximum atomic E-state index is 11.4. The van der Waals surface area contributed by atoms with Gasteiger partial charge in [-0.2, -0.15) is 0 Å². The minimum absolute atomic E-state index is 0.346. The molecule has 0 aliphatic heterocycles. The molecule has 0 amide bonds. The van der Waals surface area contributed by atoms with Crippen molar-refractivity contribution in [2.75, 3.05) is 20.8 Å². The van der Waals surface area contributed by atoms with Crippen molar-refractivity contribution < 1.29 is 14.3 Å². The summed E-state index contributed by atoms with van der Waals surface area (Å²) in [6.45, 7) is 3.31. The molecule has 1 aromatic heterocycles. The van der Waals surface area contributed by atoms with Crippen LogP contribution in [0.2, 0.25) is 0 Å². The summed E-state index contributed by atoms with van der Waals surface area (Å²) in [5, 5.41) is 0. The Balaban J connectivity index is 2.44. The molecule has 96 valence electrons. The van der Waals surface area contributed by atoms with Crippen molar-refractivity contribution in [3.63, 3.8) is 0 Å². The number of imidazole rings is 1. The van der Waals surface area contributed by atoms with Crippen LogP contribution in [0.5, 0.6) is 0 Å². The number of benzene rings is 1. The molecular formula is C13H16N2O3. The van der Waals surface area contributed by atoms with Gasteiger partial charge in [0.25, 0.3) is 0 Å². The Kier molecular flexibility index (Phi) is 3.62. The zero-order chi connectivity index (χ0) is 13.1. The largest absolute Gasteiger partial charge is 0.465 e. The van der Waals surface area contributed by atoms with Gasteiger partial charge in [0.2, 0.25) is 0 Å². The highest BCUT2D eigenvalue weighted by Gasteiger charge is 2.11. The Labute approximate surface area is 105 Å². The number of esters is 1. The van der Waals surface area contributed by atoms with E-state index in [1.54, 1.807) is 19.2 Å². The summed E-state index contributed by atoms with van der Waals surface area (Å²) in [6, 6.07) is 5.38. The molecule has 0 N–H and O–H groups in total. The fourth-order valence-electron chi connectivity index (χ4n) is 1.96. The smallest absolute Gasteiger partial charge is 0.337 e. The van der Waals surface area contributed by atoms with E-state index < -0.39 is 0 Å². The van der Waals surface area contributed by atoms with Crippen molar-refractivity contribution in [2.24, 2.45) is 0 Å². The van der Waals surface area contributed by atoms with Crippen LogP contribution in [0.1, 0.15) is 16.2 Å². The zero-order valence-corrected chi connectivity index (χ0v) is 10.8. The van der Waals surface area contributed by atoms with Gasteiger partial charge in [0.1, 0.15) is 5.82 Å². The van der Waals surface area contributed by atoms with Gasteiger partial charge in [0, 0.05) is 13.7 Å². The molecule has 18 heavy (non-hydrogen) atoms. The highest BCUT2D eigenvalue weighted by molar-refractivity contribution is 5.93. The van der Waals surface area contributed by atoms with Gasteiger partial charge in [0.15, 0.2) is 0 Å². The van der Waals surface area contributed by atoms with Crippen LogP contribution in [-0.4, -0.2) is 36.3 Å². The van der Waals surface area contributed by atoms with Crippen molar-refractivity contribution in [3.8, 4) is 0 Å². The van der Waals surface area contributed by atoms with E-state index in [9.17, 15) is 4.79 Å². The van der Waals surface area contributed by atoms with Gasteiger partial charge in [-0.1, -0.05) is 0 Å². The average molecular weight is 248 g/mol. The average Bonchev–Trinajstić information content (AvgIpc) is 2.70. The van der Waals surface area contributed by atoms with E-state index in [-0.39, 0.29) is 5.97 Å². The molecule has 1 heterocycles. The highest BCUT2D eigenvalue weighted by Crippen LogP contribution is 2.18. The van der Waals surface area contributed by atoms with Gasteiger partial charge in [-0.15, -0.1) is 0 Å². The van der Waals surface area contributed by atoms with Gasteiger partial charge >= 0.3 is 5.97 Å². The molecule has 0 saturated carbocycles. The van der Waals surface area contributed by atoms with Crippen LogP contribution in [0.25, 0.3) is 11.0 Å². The number of rotatable bonds is 4. The first kappa shape index (κ1) is 12.6. The summed E-state index contributed by atoms with van der Waals surface area (Å²) in [5.74, 6) is 0.560. The van der Waals surface area contributed by atoms with E-state index in [1.807, 2.05) is 13.0 Å².